The molecule has 3 rings (SSSR count). The summed E-state index contributed by atoms with van der Waals surface area (Å²) in [7, 11) is 0. The monoisotopic (exact) mass is 254 g/mol. The Hall–Kier alpha value is -1.34. The Kier molecular flexibility index (Phi) is 3.09. The third-order valence-electron chi connectivity index (χ3n) is 3.76. The molecule has 0 nitrogen and oxygen atoms in total. The van der Waals surface area contributed by atoms with Gasteiger partial charge in [-0.15, -0.1) is 11.3 Å². The van der Waals surface area contributed by atoms with E-state index in [-0.39, 0.29) is 0 Å². The third-order valence-corrected chi connectivity index (χ3v) is 4.83. The van der Waals surface area contributed by atoms with E-state index >= 15 is 0 Å². The second-order valence-electron chi connectivity index (χ2n) is 5.00. The molecule has 1 aromatic carbocycles. The van der Waals surface area contributed by atoms with Gasteiger partial charge in [-0.1, -0.05) is 37.6 Å². The van der Waals surface area contributed by atoms with E-state index in [4.69, 9.17) is 0 Å². The van der Waals surface area contributed by atoms with Crippen LogP contribution in [0.1, 0.15) is 47.3 Å². The van der Waals surface area contributed by atoms with Crippen LogP contribution in [-0.2, 0) is 0 Å². The van der Waals surface area contributed by atoms with Gasteiger partial charge in [0, 0.05) is 10.8 Å². The van der Waals surface area contributed by atoms with E-state index in [0.717, 1.165) is 0 Å². The second-order valence-corrected chi connectivity index (χ2v) is 5.92. The predicted octanol–water partition coefficient (Wildman–Crippen LogP) is 5.49. The Balaban J connectivity index is 2.08. The van der Waals surface area contributed by atoms with E-state index in [2.05, 4.69) is 55.6 Å². The number of allylic oxidation sites excluding steroid dienone is 1. The number of thiophene rings is 1. The van der Waals surface area contributed by atoms with Crippen LogP contribution >= 0.6 is 11.3 Å². The van der Waals surface area contributed by atoms with Gasteiger partial charge in [0.1, 0.15) is 0 Å². The van der Waals surface area contributed by atoms with E-state index in [1.165, 1.54) is 40.0 Å². The highest BCUT2D eigenvalue weighted by atomic mass is 32.1. The Morgan fingerprint density at radius 2 is 2.00 bits per heavy atom. The van der Waals surface area contributed by atoms with E-state index in [0.29, 0.717) is 5.92 Å². The van der Waals surface area contributed by atoms with Gasteiger partial charge in [0.25, 0.3) is 0 Å². The van der Waals surface area contributed by atoms with Crippen LogP contribution in [-0.4, -0.2) is 0 Å². The lowest BCUT2D eigenvalue weighted by molar-refractivity contribution is 0.738. The van der Waals surface area contributed by atoms with Gasteiger partial charge in [0.05, 0.1) is 0 Å². The van der Waals surface area contributed by atoms with Crippen molar-refractivity contribution in [2.45, 2.75) is 32.6 Å². The lowest BCUT2D eigenvalue weighted by Gasteiger charge is -2.15. The van der Waals surface area contributed by atoms with E-state index in [1.54, 1.807) is 0 Å². The number of hydrogen-bond acceptors (Lipinski definition) is 1. The van der Waals surface area contributed by atoms with E-state index < -0.39 is 0 Å². The van der Waals surface area contributed by atoms with Crippen molar-refractivity contribution in [3.63, 3.8) is 0 Å². The van der Waals surface area contributed by atoms with Crippen LogP contribution in [0.2, 0.25) is 0 Å². The zero-order chi connectivity index (χ0) is 12.5. The first-order valence-electron chi connectivity index (χ1n) is 6.66. The number of hydrogen-bond donors (Lipinski definition) is 0. The average Bonchev–Trinajstić information content (AvgIpc) is 2.94. The predicted molar refractivity (Wildman–Crippen MR) is 81.0 cm³/mol. The minimum Gasteiger partial charge on any atom is -0.144 e. The van der Waals surface area contributed by atoms with Crippen molar-refractivity contribution in [3.05, 3.63) is 57.3 Å². The van der Waals surface area contributed by atoms with Crippen LogP contribution in [0.5, 0.6) is 0 Å². The molecule has 1 aliphatic carbocycles. The van der Waals surface area contributed by atoms with Gasteiger partial charge >= 0.3 is 0 Å². The molecule has 1 aromatic heterocycles. The van der Waals surface area contributed by atoms with E-state index in [9.17, 15) is 0 Å². The summed E-state index contributed by atoms with van der Waals surface area (Å²) in [6, 6.07) is 11.1. The van der Waals surface area contributed by atoms with Gasteiger partial charge < -0.3 is 0 Å². The molecule has 0 saturated carbocycles. The lowest BCUT2D eigenvalue weighted by atomic mass is 9.90. The molecule has 0 fully saturated rings. The van der Waals surface area contributed by atoms with Crippen molar-refractivity contribution in [2.24, 2.45) is 0 Å². The molecule has 18 heavy (non-hydrogen) atoms. The topological polar surface area (TPSA) is 0 Å². The zero-order valence-electron chi connectivity index (χ0n) is 10.9. The molecule has 1 heterocycles. The average molecular weight is 254 g/mol. The van der Waals surface area contributed by atoms with Crippen molar-refractivity contribution in [1.29, 1.82) is 0 Å². The van der Waals surface area contributed by atoms with Crippen LogP contribution in [0, 0.1) is 6.92 Å². The molecule has 0 aliphatic heterocycles. The maximum absolute atomic E-state index is 2.40. The van der Waals surface area contributed by atoms with Crippen molar-refractivity contribution in [2.75, 3.05) is 0 Å². The molecule has 0 spiro atoms. The van der Waals surface area contributed by atoms with Crippen LogP contribution in [0.3, 0.4) is 0 Å². The highest BCUT2D eigenvalue weighted by Gasteiger charge is 2.26. The number of fused-ring (bicyclic) bond motifs is 1. The van der Waals surface area contributed by atoms with Gasteiger partial charge in [-0.2, -0.15) is 0 Å². The standard InChI is InChI=1S/C17H18S/c1-3-6-15-14-8-5-4-7-13(14)11-16(15)17-12(2)9-10-18-17/h4-5,7-11,15H,3,6H2,1-2H3. The first kappa shape index (κ1) is 11.7. The van der Waals surface area contributed by atoms with Gasteiger partial charge in [0.2, 0.25) is 0 Å². The normalized spacial score (nSPS) is 17.7. The molecule has 0 N–H and O–H groups in total. The number of aryl methyl sites for hydroxylation is 1. The van der Waals surface area contributed by atoms with Gasteiger partial charge in [-0.05, 0) is 53.1 Å². The summed E-state index contributed by atoms with van der Waals surface area (Å²) in [5, 5.41) is 2.21. The van der Waals surface area contributed by atoms with E-state index in [1.807, 2.05) is 11.3 Å². The largest absolute Gasteiger partial charge is 0.144 e. The Labute approximate surface area is 113 Å². The molecular weight excluding hydrogens is 236 g/mol. The molecule has 0 bridgehead atoms. The molecular formula is C17H18S. The van der Waals surface area contributed by atoms with Gasteiger partial charge in [-0.25, -0.2) is 0 Å². The van der Waals surface area contributed by atoms with Gasteiger partial charge in [0.15, 0.2) is 0 Å². The minimum atomic E-state index is 0.601. The fraction of sp³-hybridized carbons (Fsp3) is 0.294. The lowest BCUT2D eigenvalue weighted by Crippen LogP contribution is -1.97. The molecule has 92 valence electrons. The summed E-state index contributed by atoms with van der Waals surface area (Å²) >= 11 is 1.88. The molecule has 0 amide bonds. The maximum Gasteiger partial charge on any atom is 0.0337 e. The molecule has 2 aromatic rings. The first-order chi connectivity index (χ1) is 8.81. The van der Waals surface area contributed by atoms with Crippen molar-refractivity contribution in [1.82, 2.24) is 0 Å². The minimum absolute atomic E-state index is 0.601. The highest BCUT2D eigenvalue weighted by Crippen LogP contribution is 2.46. The fourth-order valence-electron chi connectivity index (χ4n) is 2.89. The molecule has 1 aliphatic rings. The summed E-state index contributed by atoms with van der Waals surface area (Å²) < 4.78 is 0. The zero-order valence-corrected chi connectivity index (χ0v) is 11.8. The fourth-order valence-corrected chi connectivity index (χ4v) is 3.89. The van der Waals surface area contributed by atoms with Gasteiger partial charge in [-0.3, -0.25) is 0 Å². The first-order valence-corrected chi connectivity index (χ1v) is 7.54. The Morgan fingerprint density at radius 3 is 2.72 bits per heavy atom. The Bertz CT molecular complexity index is 589. The van der Waals surface area contributed by atoms with Crippen LogP contribution in [0.4, 0.5) is 0 Å². The maximum atomic E-state index is 2.40. The van der Waals surface area contributed by atoms with Crippen molar-refractivity contribution in [3.8, 4) is 0 Å². The Morgan fingerprint density at radius 1 is 1.17 bits per heavy atom. The molecule has 1 unspecified atom stereocenters. The molecule has 1 atom stereocenters. The van der Waals surface area contributed by atoms with Crippen LogP contribution in [0.25, 0.3) is 11.6 Å². The van der Waals surface area contributed by atoms with Crippen LogP contribution in [0.15, 0.2) is 35.7 Å². The molecule has 0 saturated heterocycles. The van der Waals surface area contributed by atoms with Crippen molar-refractivity contribution >= 4 is 23.0 Å². The smallest absolute Gasteiger partial charge is 0.0337 e. The summed E-state index contributed by atoms with van der Waals surface area (Å²) in [5.74, 6) is 0.601. The van der Waals surface area contributed by atoms with Crippen molar-refractivity contribution < 1.29 is 0 Å². The second kappa shape index (κ2) is 4.74. The summed E-state index contributed by atoms with van der Waals surface area (Å²) in [5.41, 5.74) is 5.88. The van der Waals surface area contributed by atoms with Crippen LogP contribution < -0.4 is 0 Å². The molecule has 1 heteroatoms. The summed E-state index contributed by atoms with van der Waals surface area (Å²) in [6.45, 7) is 4.50. The molecule has 0 radical (unpaired) electrons. The SMILES string of the molecule is CCCC1C(c2sccc2C)=Cc2ccccc21. The highest BCUT2D eigenvalue weighted by molar-refractivity contribution is 7.11. The quantitative estimate of drug-likeness (QED) is 0.679. The summed E-state index contributed by atoms with van der Waals surface area (Å²) in [4.78, 5) is 1.48. The number of rotatable bonds is 3. The summed E-state index contributed by atoms with van der Waals surface area (Å²) in [6.07, 6.45) is 4.88. The number of benzene rings is 1. The third kappa shape index (κ3) is 1.83.